The van der Waals surface area contributed by atoms with E-state index in [0.29, 0.717) is 29.2 Å². The minimum absolute atomic E-state index is 0.199. The van der Waals surface area contributed by atoms with Gasteiger partial charge in [0.15, 0.2) is 0 Å². The second kappa shape index (κ2) is 11.0. The molecule has 2 aromatic rings. The summed E-state index contributed by atoms with van der Waals surface area (Å²) in [6.45, 7) is 9.23. The molecule has 1 aromatic carbocycles. The standard InChI is InChI=1S/C26H37N3O3S/c1-4-26(5-2,16-20-15-18(20)3)28-24(30)22-23(33-21-9-7-6-8-10-21)25(29-32-22)31-17-19-11-13-27-14-12-19/h6-10,18-20,27H,4-5,11-17H2,1-3H3,(H,28,30)/t18-,20?/m0/s1. The molecule has 2 heterocycles. The molecule has 2 aliphatic rings. The minimum atomic E-state index is -0.218. The molecule has 33 heavy (non-hydrogen) atoms. The third-order valence-electron chi connectivity index (χ3n) is 7.37. The SMILES string of the molecule is CCC(CC)(CC1C[C@@H]1C)NC(=O)c1onc(OCC2CCNCC2)c1Sc1ccccc1. The zero-order chi connectivity index (χ0) is 23.3. The Morgan fingerprint density at radius 1 is 1.24 bits per heavy atom. The van der Waals surface area contributed by atoms with Crippen LogP contribution >= 0.6 is 11.8 Å². The number of carbonyl (C=O) groups is 1. The maximum absolute atomic E-state index is 13.5. The zero-order valence-corrected chi connectivity index (χ0v) is 20.9. The molecule has 1 aliphatic heterocycles. The van der Waals surface area contributed by atoms with Crippen LogP contribution in [0.5, 0.6) is 5.88 Å². The lowest BCUT2D eigenvalue weighted by Crippen LogP contribution is -2.48. The van der Waals surface area contributed by atoms with E-state index in [2.05, 4.69) is 36.6 Å². The number of nitrogens with zero attached hydrogens (tertiary/aromatic N) is 1. The molecule has 1 aliphatic carbocycles. The molecular weight excluding hydrogens is 434 g/mol. The van der Waals surface area contributed by atoms with Gasteiger partial charge in [0.1, 0.15) is 4.90 Å². The van der Waals surface area contributed by atoms with Gasteiger partial charge in [-0.25, -0.2) is 0 Å². The minimum Gasteiger partial charge on any atom is -0.474 e. The number of ether oxygens (including phenoxy) is 1. The van der Waals surface area contributed by atoms with Gasteiger partial charge in [-0.2, -0.15) is 0 Å². The summed E-state index contributed by atoms with van der Waals surface area (Å²) >= 11 is 1.48. The molecule has 1 amide bonds. The smallest absolute Gasteiger partial charge is 0.291 e. The molecule has 0 spiro atoms. The Morgan fingerprint density at radius 2 is 1.94 bits per heavy atom. The Labute approximate surface area is 201 Å². The Hall–Kier alpha value is -1.99. The predicted molar refractivity (Wildman–Crippen MR) is 131 cm³/mol. The van der Waals surface area contributed by atoms with Gasteiger partial charge in [-0.1, -0.05) is 50.7 Å². The van der Waals surface area contributed by atoms with Gasteiger partial charge in [0.25, 0.3) is 11.8 Å². The van der Waals surface area contributed by atoms with Crippen molar-refractivity contribution in [3.8, 4) is 5.88 Å². The predicted octanol–water partition coefficient (Wildman–Crippen LogP) is 5.54. The number of nitrogens with one attached hydrogen (secondary N) is 2. The lowest BCUT2D eigenvalue weighted by molar-refractivity contribution is 0.0837. The molecule has 2 fully saturated rings. The van der Waals surface area contributed by atoms with E-state index in [1.165, 1.54) is 18.2 Å². The number of amides is 1. The van der Waals surface area contributed by atoms with Crippen LogP contribution in [0.2, 0.25) is 0 Å². The number of benzene rings is 1. The summed E-state index contributed by atoms with van der Waals surface area (Å²) in [4.78, 5) is 15.1. The first-order valence-corrected chi connectivity index (χ1v) is 13.2. The lowest BCUT2D eigenvalue weighted by Gasteiger charge is -2.33. The Kier molecular flexibility index (Phi) is 8.02. The van der Waals surface area contributed by atoms with Gasteiger partial charge < -0.3 is 19.9 Å². The molecule has 1 aromatic heterocycles. The average Bonchev–Trinajstić information content (AvgIpc) is 3.38. The van der Waals surface area contributed by atoms with Gasteiger partial charge in [-0.3, -0.25) is 4.79 Å². The normalized spacial score (nSPS) is 21.1. The van der Waals surface area contributed by atoms with Crippen molar-refractivity contribution in [1.82, 2.24) is 15.8 Å². The van der Waals surface area contributed by atoms with Crippen molar-refractivity contribution in [2.75, 3.05) is 19.7 Å². The molecule has 0 radical (unpaired) electrons. The quantitative estimate of drug-likeness (QED) is 0.448. The molecule has 7 heteroatoms. The summed E-state index contributed by atoms with van der Waals surface area (Å²) in [6, 6.07) is 10.00. The summed E-state index contributed by atoms with van der Waals surface area (Å²) in [5.74, 6) is 2.41. The lowest BCUT2D eigenvalue weighted by atomic mass is 9.86. The number of rotatable bonds is 11. The molecule has 1 unspecified atom stereocenters. The molecule has 1 saturated heterocycles. The Bertz CT molecular complexity index is 907. The van der Waals surface area contributed by atoms with Gasteiger partial charge in [0, 0.05) is 10.4 Å². The third kappa shape index (κ3) is 6.12. The number of aromatic nitrogens is 1. The molecule has 4 rings (SSSR count). The fourth-order valence-corrected chi connectivity index (χ4v) is 5.63. The summed E-state index contributed by atoms with van der Waals surface area (Å²) < 4.78 is 11.7. The Balaban J connectivity index is 1.53. The van der Waals surface area contributed by atoms with Crippen LogP contribution in [0.3, 0.4) is 0 Å². The van der Waals surface area contributed by atoms with E-state index < -0.39 is 0 Å². The maximum Gasteiger partial charge on any atom is 0.291 e. The first-order valence-electron chi connectivity index (χ1n) is 12.4. The van der Waals surface area contributed by atoms with Crippen molar-refractivity contribution in [3.63, 3.8) is 0 Å². The van der Waals surface area contributed by atoms with E-state index in [9.17, 15) is 4.79 Å². The van der Waals surface area contributed by atoms with Crippen molar-refractivity contribution in [3.05, 3.63) is 36.1 Å². The largest absolute Gasteiger partial charge is 0.474 e. The van der Waals surface area contributed by atoms with Gasteiger partial charge in [-0.05, 0) is 86.7 Å². The van der Waals surface area contributed by atoms with Crippen LogP contribution in [0.1, 0.15) is 69.9 Å². The van der Waals surface area contributed by atoms with Gasteiger partial charge >= 0.3 is 0 Å². The van der Waals surface area contributed by atoms with Crippen LogP contribution < -0.4 is 15.4 Å². The Morgan fingerprint density at radius 3 is 2.58 bits per heavy atom. The first-order chi connectivity index (χ1) is 16.0. The number of hydrogen-bond donors (Lipinski definition) is 2. The van der Waals surface area contributed by atoms with E-state index in [0.717, 1.165) is 56.0 Å². The van der Waals surface area contributed by atoms with Crippen molar-refractivity contribution >= 4 is 17.7 Å². The van der Waals surface area contributed by atoms with Crippen LogP contribution in [-0.4, -0.2) is 36.3 Å². The maximum atomic E-state index is 13.5. The third-order valence-corrected chi connectivity index (χ3v) is 8.44. The summed E-state index contributed by atoms with van der Waals surface area (Å²) in [5, 5.41) is 10.9. The zero-order valence-electron chi connectivity index (χ0n) is 20.1. The molecule has 0 bridgehead atoms. The van der Waals surface area contributed by atoms with E-state index in [4.69, 9.17) is 9.26 Å². The van der Waals surface area contributed by atoms with E-state index >= 15 is 0 Å². The van der Waals surface area contributed by atoms with E-state index in [1.807, 2.05) is 30.3 Å². The second-order valence-electron chi connectivity index (χ2n) is 9.68. The highest BCUT2D eigenvalue weighted by Crippen LogP contribution is 2.45. The highest BCUT2D eigenvalue weighted by molar-refractivity contribution is 7.99. The van der Waals surface area contributed by atoms with Crippen molar-refractivity contribution < 1.29 is 14.1 Å². The molecule has 1 saturated carbocycles. The van der Waals surface area contributed by atoms with Crippen molar-refractivity contribution in [2.24, 2.45) is 17.8 Å². The molecular formula is C26H37N3O3S. The number of piperidine rings is 1. The van der Waals surface area contributed by atoms with Crippen molar-refractivity contribution in [2.45, 2.75) is 74.6 Å². The fraction of sp³-hybridized carbons (Fsp3) is 0.615. The molecule has 180 valence electrons. The molecule has 6 nitrogen and oxygen atoms in total. The van der Waals surface area contributed by atoms with Crippen LogP contribution in [0, 0.1) is 17.8 Å². The highest BCUT2D eigenvalue weighted by Gasteiger charge is 2.41. The van der Waals surface area contributed by atoms with E-state index in [-0.39, 0.29) is 17.2 Å². The summed E-state index contributed by atoms with van der Waals surface area (Å²) in [7, 11) is 0. The summed E-state index contributed by atoms with van der Waals surface area (Å²) in [6.07, 6.45) is 6.23. The monoisotopic (exact) mass is 471 g/mol. The van der Waals surface area contributed by atoms with Crippen LogP contribution in [-0.2, 0) is 0 Å². The highest BCUT2D eigenvalue weighted by atomic mass is 32.2. The average molecular weight is 472 g/mol. The summed E-state index contributed by atoms with van der Waals surface area (Å²) in [5.41, 5.74) is -0.218. The number of carbonyl (C=O) groups excluding carboxylic acids is 1. The van der Waals surface area contributed by atoms with Gasteiger partial charge in [-0.15, -0.1) is 0 Å². The first kappa shape index (κ1) is 24.1. The molecule has 2 atom stereocenters. The van der Waals surface area contributed by atoms with Crippen LogP contribution in [0.15, 0.2) is 44.6 Å². The van der Waals surface area contributed by atoms with Gasteiger partial charge in [0.2, 0.25) is 5.76 Å². The van der Waals surface area contributed by atoms with Crippen LogP contribution in [0.25, 0.3) is 0 Å². The van der Waals surface area contributed by atoms with Crippen LogP contribution in [0.4, 0.5) is 0 Å². The number of hydrogen-bond acceptors (Lipinski definition) is 6. The topological polar surface area (TPSA) is 76.4 Å². The van der Waals surface area contributed by atoms with Gasteiger partial charge in [0.05, 0.1) is 6.61 Å². The fourth-order valence-electron chi connectivity index (χ4n) is 4.69. The second-order valence-corrected chi connectivity index (χ2v) is 10.8. The molecule has 2 N–H and O–H groups in total. The van der Waals surface area contributed by atoms with E-state index in [1.54, 1.807) is 0 Å². The van der Waals surface area contributed by atoms with Crippen molar-refractivity contribution in [1.29, 1.82) is 0 Å².